The van der Waals surface area contributed by atoms with E-state index in [9.17, 15) is 13.2 Å². The van der Waals surface area contributed by atoms with Gasteiger partial charge in [0.25, 0.3) is 15.9 Å². The van der Waals surface area contributed by atoms with E-state index >= 15 is 0 Å². The molecule has 1 aromatic heterocycles. The Kier molecular flexibility index (Phi) is 7.12. The smallest absolute Gasteiger partial charge is 0.261 e. The van der Waals surface area contributed by atoms with Gasteiger partial charge in [0.1, 0.15) is 5.82 Å². The Bertz CT molecular complexity index is 1210. The van der Waals surface area contributed by atoms with Gasteiger partial charge in [-0.3, -0.25) is 9.52 Å². The molecule has 0 aliphatic carbocycles. The summed E-state index contributed by atoms with van der Waals surface area (Å²) in [6.45, 7) is 3.21. The molecule has 3 aromatic rings. The topological polar surface area (TPSA) is 101 Å². The third-order valence-electron chi connectivity index (χ3n) is 5.14. The summed E-state index contributed by atoms with van der Waals surface area (Å²) < 4.78 is 33.3. The number of morpholine rings is 1. The molecule has 1 aliphatic heterocycles. The fraction of sp³-hybridized carbons (Fsp3) is 0.217. The number of hydrogen-bond donors (Lipinski definition) is 2. The Labute approximate surface area is 197 Å². The number of carbonyl (C=O) groups is 1. The van der Waals surface area contributed by atoms with Crippen LogP contribution in [0.1, 0.15) is 15.9 Å². The lowest BCUT2D eigenvalue weighted by Gasteiger charge is -2.27. The van der Waals surface area contributed by atoms with E-state index in [2.05, 4.69) is 19.9 Å². The maximum atomic E-state index is 12.8. The van der Waals surface area contributed by atoms with Crippen molar-refractivity contribution in [2.24, 2.45) is 0 Å². The van der Waals surface area contributed by atoms with E-state index in [0.29, 0.717) is 18.2 Å². The Balaban J connectivity index is 1.42. The second-order valence-corrected chi connectivity index (χ2v) is 9.53. The van der Waals surface area contributed by atoms with Crippen LogP contribution < -0.4 is 14.9 Å². The van der Waals surface area contributed by atoms with Gasteiger partial charge in [-0.2, -0.15) is 0 Å². The lowest BCUT2D eigenvalue weighted by atomic mass is 10.1. The molecule has 2 N–H and O–H groups in total. The first-order valence-electron chi connectivity index (χ1n) is 10.4. The minimum absolute atomic E-state index is 0.0496. The maximum absolute atomic E-state index is 12.8. The molecule has 1 fully saturated rings. The molecule has 1 saturated heterocycles. The van der Waals surface area contributed by atoms with Crippen molar-refractivity contribution < 1.29 is 17.9 Å². The standard InChI is InChI=1S/C23H23ClN4O4S/c24-18-6-8-19(9-7-18)33(30,31)27-21-4-2-1-3-20(21)23(29)26-16-17-5-10-22(25-15-17)28-11-13-32-14-12-28/h1-10,15,27H,11-14,16H2,(H,26,29). The SMILES string of the molecule is O=C(NCc1ccc(N2CCOCC2)nc1)c1ccccc1NS(=O)(=O)c1ccc(Cl)cc1. The van der Waals surface area contributed by atoms with Crippen LogP contribution in [0.25, 0.3) is 0 Å². The van der Waals surface area contributed by atoms with Crippen molar-refractivity contribution in [1.29, 1.82) is 0 Å². The largest absolute Gasteiger partial charge is 0.378 e. The zero-order chi connectivity index (χ0) is 23.3. The van der Waals surface area contributed by atoms with Crippen molar-refractivity contribution >= 4 is 39.0 Å². The first kappa shape index (κ1) is 23.0. The van der Waals surface area contributed by atoms with Crippen LogP contribution in [-0.4, -0.2) is 45.6 Å². The molecule has 0 radical (unpaired) electrons. The molecule has 10 heteroatoms. The second-order valence-electron chi connectivity index (χ2n) is 7.41. The number of sulfonamides is 1. The summed E-state index contributed by atoms with van der Waals surface area (Å²) in [6, 6.07) is 16.1. The number of aromatic nitrogens is 1. The summed E-state index contributed by atoms with van der Waals surface area (Å²) in [4.78, 5) is 19.5. The van der Waals surface area contributed by atoms with Crippen LogP contribution in [0.5, 0.6) is 0 Å². The van der Waals surface area contributed by atoms with Crippen LogP contribution in [0.3, 0.4) is 0 Å². The van der Waals surface area contributed by atoms with E-state index in [4.69, 9.17) is 16.3 Å². The molecule has 1 aliphatic rings. The first-order chi connectivity index (χ1) is 15.9. The average molecular weight is 487 g/mol. The van der Waals surface area contributed by atoms with Crippen LogP contribution in [0.15, 0.2) is 71.8 Å². The van der Waals surface area contributed by atoms with E-state index in [1.165, 1.54) is 24.3 Å². The van der Waals surface area contributed by atoms with Crippen LogP contribution >= 0.6 is 11.6 Å². The molecular weight excluding hydrogens is 464 g/mol. The summed E-state index contributed by atoms with van der Waals surface area (Å²) in [7, 11) is -3.88. The van der Waals surface area contributed by atoms with Crippen LogP contribution in [-0.2, 0) is 21.3 Å². The fourth-order valence-electron chi connectivity index (χ4n) is 3.37. The molecule has 0 bridgehead atoms. The monoisotopic (exact) mass is 486 g/mol. The Morgan fingerprint density at radius 1 is 1.03 bits per heavy atom. The Morgan fingerprint density at radius 3 is 2.45 bits per heavy atom. The molecule has 0 unspecified atom stereocenters. The molecule has 8 nitrogen and oxygen atoms in total. The molecule has 0 spiro atoms. The van der Waals surface area contributed by atoms with Gasteiger partial charge in [-0.05, 0) is 48.0 Å². The Hall–Kier alpha value is -3.14. The lowest BCUT2D eigenvalue weighted by Crippen LogP contribution is -2.36. The van der Waals surface area contributed by atoms with Gasteiger partial charge >= 0.3 is 0 Å². The molecule has 4 rings (SSSR count). The van der Waals surface area contributed by atoms with Crippen molar-refractivity contribution in [1.82, 2.24) is 10.3 Å². The highest BCUT2D eigenvalue weighted by atomic mass is 35.5. The summed E-state index contributed by atoms with van der Waals surface area (Å²) in [5, 5.41) is 3.25. The number of nitrogens with one attached hydrogen (secondary N) is 2. The van der Waals surface area contributed by atoms with Crippen molar-refractivity contribution in [3.8, 4) is 0 Å². The van der Waals surface area contributed by atoms with E-state index in [1.807, 2.05) is 12.1 Å². The van der Waals surface area contributed by atoms with Gasteiger partial charge < -0.3 is 15.0 Å². The highest BCUT2D eigenvalue weighted by Crippen LogP contribution is 2.21. The first-order valence-corrected chi connectivity index (χ1v) is 12.2. The number of hydrogen-bond acceptors (Lipinski definition) is 6. The highest BCUT2D eigenvalue weighted by Gasteiger charge is 2.19. The molecule has 0 atom stereocenters. The minimum Gasteiger partial charge on any atom is -0.378 e. The maximum Gasteiger partial charge on any atom is 0.261 e. The molecule has 172 valence electrons. The third-order valence-corrected chi connectivity index (χ3v) is 6.77. The second kappa shape index (κ2) is 10.2. The van der Waals surface area contributed by atoms with E-state index < -0.39 is 15.9 Å². The molecule has 2 aromatic carbocycles. The number of nitrogens with zero attached hydrogens (tertiary/aromatic N) is 2. The van der Waals surface area contributed by atoms with E-state index in [1.54, 1.807) is 30.5 Å². The van der Waals surface area contributed by atoms with Gasteiger partial charge in [0.15, 0.2) is 0 Å². The number of ether oxygens (including phenoxy) is 1. The van der Waals surface area contributed by atoms with Crippen LogP contribution in [0.4, 0.5) is 11.5 Å². The number of rotatable bonds is 7. The van der Waals surface area contributed by atoms with Crippen molar-refractivity contribution in [3.05, 3.63) is 83.0 Å². The lowest BCUT2D eigenvalue weighted by molar-refractivity contribution is 0.0951. The summed E-state index contributed by atoms with van der Waals surface area (Å²) >= 11 is 5.84. The van der Waals surface area contributed by atoms with Gasteiger partial charge in [0.05, 0.1) is 29.4 Å². The molecule has 1 amide bonds. The fourth-order valence-corrected chi connectivity index (χ4v) is 4.57. The van der Waals surface area contributed by atoms with E-state index in [-0.39, 0.29) is 22.7 Å². The van der Waals surface area contributed by atoms with Gasteiger partial charge in [-0.15, -0.1) is 0 Å². The molecule has 0 saturated carbocycles. The summed E-state index contributed by atoms with van der Waals surface area (Å²) in [5.74, 6) is 0.469. The number of halogens is 1. The van der Waals surface area contributed by atoms with Crippen molar-refractivity contribution in [3.63, 3.8) is 0 Å². The highest BCUT2D eigenvalue weighted by molar-refractivity contribution is 7.92. The number of pyridine rings is 1. The van der Waals surface area contributed by atoms with Gasteiger partial charge in [-0.25, -0.2) is 13.4 Å². The van der Waals surface area contributed by atoms with Crippen LogP contribution in [0.2, 0.25) is 5.02 Å². The minimum atomic E-state index is -3.88. The number of carbonyl (C=O) groups excluding carboxylic acids is 1. The summed E-state index contributed by atoms with van der Waals surface area (Å²) in [5.41, 5.74) is 1.23. The molecular formula is C23H23ClN4O4S. The summed E-state index contributed by atoms with van der Waals surface area (Å²) in [6.07, 6.45) is 1.72. The van der Waals surface area contributed by atoms with Crippen LogP contribution in [0, 0.1) is 0 Å². The van der Waals surface area contributed by atoms with Crippen molar-refractivity contribution in [2.75, 3.05) is 35.9 Å². The number of benzene rings is 2. The van der Waals surface area contributed by atoms with Gasteiger partial charge in [-0.1, -0.05) is 29.8 Å². The van der Waals surface area contributed by atoms with Gasteiger partial charge in [0.2, 0.25) is 0 Å². The van der Waals surface area contributed by atoms with Crippen molar-refractivity contribution in [2.45, 2.75) is 11.4 Å². The number of anilines is 2. The average Bonchev–Trinajstić information content (AvgIpc) is 2.84. The quantitative estimate of drug-likeness (QED) is 0.531. The molecule has 2 heterocycles. The number of amides is 1. The normalized spacial score (nSPS) is 14.0. The zero-order valence-electron chi connectivity index (χ0n) is 17.7. The van der Waals surface area contributed by atoms with Gasteiger partial charge in [0, 0.05) is 30.9 Å². The predicted molar refractivity (Wildman–Crippen MR) is 127 cm³/mol. The predicted octanol–water partition coefficient (Wildman–Crippen LogP) is 3.30. The third kappa shape index (κ3) is 5.81. The van der Waals surface area contributed by atoms with E-state index in [0.717, 1.165) is 24.5 Å². The Morgan fingerprint density at radius 2 is 1.76 bits per heavy atom. The number of para-hydroxylation sites is 1. The molecule has 33 heavy (non-hydrogen) atoms. The zero-order valence-corrected chi connectivity index (χ0v) is 19.3.